The number of hydrogen-bond acceptors (Lipinski definition) is 5. The maximum Gasteiger partial charge on any atom is 0.244 e. The summed E-state index contributed by atoms with van der Waals surface area (Å²) in [6.07, 6.45) is 1.59. The zero-order valence-corrected chi connectivity index (χ0v) is 16.8. The number of carbonyl (C=O) groups is 1. The number of nitrogens with zero attached hydrogens (tertiary/aromatic N) is 3. The molecular formula is C18H25N5O3S. The van der Waals surface area contributed by atoms with Crippen molar-refractivity contribution in [3.63, 3.8) is 0 Å². The summed E-state index contributed by atoms with van der Waals surface area (Å²) >= 11 is 0. The van der Waals surface area contributed by atoms with Gasteiger partial charge >= 0.3 is 0 Å². The number of carbonyl (C=O) groups excluding carboxylic acids is 1. The molecule has 3 N–H and O–H groups in total. The summed E-state index contributed by atoms with van der Waals surface area (Å²) in [5.41, 5.74) is 9.30. The van der Waals surface area contributed by atoms with Crippen LogP contribution in [0.4, 0.5) is 11.4 Å². The largest absolute Gasteiger partial charge is 0.398 e. The Labute approximate surface area is 159 Å². The second-order valence-electron chi connectivity index (χ2n) is 6.90. The lowest BCUT2D eigenvalue weighted by Crippen LogP contribution is -2.48. The summed E-state index contributed by atoms with van der Waals surface area (Å²) in [5.74, 6) is -0.302. The topological polar surface area (TPSA) is 110 Å². The van der Waals surface area contributed by atoms with Gasteiger partial charge in [0.15, 0.2) is 0 Å². The second kappa shape index (κ2) is 6.97. The van der Waals surface area contributed by atoms with Crippen LogP contribution < -0.4 is 15.4 Å². The summed E-state index contributed by atoms with van der Waals surface area (Å²) < 4.78 is 29.7. The predicted molar refractivity (Wildman–Crippen MR) is 104 cm³/mol. The first kappa shape index (κ1) is 19.4. The molecule has 27 heavy (non-hydrogen) atoms. The van der Waals surface area contributed by atoms with E-state index in [4.69, 9.17) is 5.73 Å². The highest BCUT2D eigenvalue weighted by Gasteiger charge is 2.32. The van der Waals surface area contributed by atoms with Gasteiger partial charge in [-0.3, -0.25) is 9.48 Å². The molecule has 0 bridgehead atoms. The van der Waals surface area contributed by atoms with Gasteiger partial charge in [0.05, 0.1) is 17.4 Å². The van der Waals surface area contributed by atoms with Crippen molar-refractivity contribution in [2.75, 3.05) is 17.2 Å². The average Bonchev–Trinajstić information content (AvgIpc) is 2.86. The Morgan fingerprint density at radius 1 is 1.33 bits per heavy atom. The normalized spacial score (nSPS) is 15.5. The molecule has 146 valence electrons. The van der Waals surface area contributed by atoms with Gasteiger partial charge in [0.25, 0.3) is 0 Å². The van der Waals surface area contributed by atoms with Crippen LogP contribution in [0, 0.1) is 13.8 Å². The molecule has 1 amide bonds. The quantitative estimate of drug-likeness (QED) is 0.763. The number of aryl methyl sites for hydroxylation is 2. The van der Waals surface area contributed by atoms with Crippen molar-refractivity contribution >= 4 is 27.3 Å². The molecule has 0 aliphatic carbocycles. The molecule has 0 fully saturated rings. The van der Waals surface area contributed by atoms with Crippen molar-refractivity contribution in [1.29, 1.82) is 0 Å². The van der Waals surface area contributed by atoms with E-state index >= 15 is 0 Å². The molecule has 0 saturated heterocycles. The molecule has 2 aromatic rings. The van der Waals surface area contributed by atoms with E-state index in [1.807, 2.05) is 12.1 Å². The van der Waals surface area contributed by atoms with Crippen molar-refractivity contribution < 1.29 is 13.2 Å². The van der Waals surface area contributed by atoms with E-state index in [0.29, 0.717) is 23.6 Å². The SMILES string of the molecule is Cc1nn(C)c(C)c1S(=O)(=O)NC(C)C(=O)N1CCCc2c(N)cccc21. The molecule has 0 spiro atoms. The third-order valence-corrected chi connectivity index (χ3v) is 6.76. The van der Waals surface area contributed by atoms with E-state index in [1.54, 1.807) is 38.8 Å². The summed E-state index contributed by atoms with van der Waals surface area (Å²) in [6, 6.07) is 4.55. The molecule has 0 radical (unpaired) electrons. The molecular weight excluding hydrogens is 366 g/mol. The van der Waals surface area contributed by atoms with Gasteiger partial charge in [-0.25, -0.2) is 8.42 Å². The van der Waals surface area contributed by atoms with Crippen LogP contribution in [-0.2, 0) is 28.3 Å². The monoisotopic (exact) mass is 391 g/mol. The second-order valence-corrected chi connectivity index (χ2v) is 8.56. The third-order valence-electron chi connectivity index (χ3n) is 4.97. The molecule has 1 aliphatic rings. The molecule has 2 heterocycles. The number of nitrogen functional groups attached to an aromatic ring is 1. The molecule has 1 atom stereocenters. The van der Waals surface area contributed by atoms with E-state index in [2.05, 4.69) is 9.82 Å². The Morgan fingerprint density at radius 3 is 2.67 bits per heavy atom. The highest BCUT2D eigenvalue weighted by molar-refractivity contribution is 7.89. The smallest absolute Gasteiger partial charge is 0.244 e. The first-order valence-corrected chi connectivity index (χ1v) is 10.3. The standard InChI is InChI=1S/C18H25N5O3S/c1-11-17(13(3)22(4)20-11)27(25,26)21-12(2)18(24)23-10-6-7-14-15(19)8-5-9-16(14)23/h5,8-9,12,21H,6-7,10,19H2,1-4H3. The third kappa shape index (κ3) is 3.44. The Balaban J connectivity index is 1.86. The summed E-state index contributed by atoms with van der Waals surface area (Å²) in [7, 11) is -2.19. The fourth-order valence-corrected chi connectivity index (χ4v) is 5.23. The minimum atomic E-state index is -3.87. The van der Waals surface area contributed by atoms with E-state index < -0.39 is 16.1 Å². The molecule has 0 saturated carbocycles. The van der Waals surface area contributed by atoms with Crippen LogP contribution in [0.5, 0.6) is 0 Å². The van der Waals surface area contributed by atoms with Gasteiger partial charge in [-0.1, -0.05) is 6.07 Å². The van der Waals surface area contributed by atoms with Crippen LogP contribution in [-0.4, -0.2) is 36.7 Å². The van der Waals surface area contributed by atoms with Crippen LogP contribution in [0.2, 0.25) is 0 Å². The highest BCUT2D eigenvalue weighted by Crippen LogP contribution is 2.31. The fraction of sp³-hybridized carbons (Fsp3) is 0.444. The first-order chi connectivity index (χ1) is 12.6. The van der Waals surface area contributed by atoms with Crippen LogP contribution in [0.25, 0.3) is 0 Å². The van der Waals surface area contributed by atoms with Gasteiger partial charge in [-0.05, 0) is 51.3 Å². The number of benzene rings is 1. The molecule has 8 nitrogen and oxygen atoms in total. The Kier molecular flexibility index (Phi) is 5.00. The Hall–Kier alpha value is -2.39. The molecule has 1 aliphatic heterocycles. The number of aromatic nitrogens is 2. The van der Waals surface area contributed by atoms with Crippen molar-refractivity contribution in [2.24, 2.45) is 7.05 Å². The van der Waals surface area contributed by atoms with Crippen molar-refractivity contribution in [1.82, 2.24) is 14.5 Å². The van der Waals surface area contributed by atoms with Gasteiger partial charge in [0.2, 0.25) is 15.9 Å². The average molecular weight is 391 g/mol. The minimum Gasteiger partial charge on any atom is -0.398 e. The van der Waals surface area contributed by atoms with Crippen LogP contribution in [0.15, 0.2) is 23.1 Å². The number of fused-ring (bicyclic) bond motifs is 1. The van der Waals surface area contributed by atoms with Crippen molar-refractivity contribution in [3.8, 4) is 0 Å². The number of hydrogen-bond donors (Lipinski definition) is 2. The number of nitrogens with two attached hydrogens (primary N) is 1. The Bertz CT molecular complexity index is 997. The molecule has 3 rings (SSSR count). The van der Waals surface area contributed by atoms with Gasteiger partial charge in [0, 0.05) is 25.0 Å². The highest BCUT2D eigenvalue weighted by atomic mass is 32.2. The molecule has 1 aromatic carbocycles. The summed E-state index contributed by atoms with van der Waals surface area (Å²) in [5, 5.41) is 4.15. The number of nitrogens with one attached hydrogen (secondary N) is 1. The number of amides is 1. The number of anilines is 2. The zero-order chi connectivity index (χ0) is 19.9. The van der Waals surface area contributed by atoms with Crippen LogP contribution in [0.3, 0.4) is 0 Å². The lowest BCUT2D eigenvalue weighted by molar-refractivity contribution is -0.119. The van der Waals surface area contributed by atoms with Gasteiger partial charge in [-0.15, -0.1) is 0 Å². The maximum atomic E-state index is 13.0. The van der Waals surface area contributed by atoms with Crippen molar-refractivity contribution in [3.05, 3.63) is 35.2 Å². The maximum absolute atomic E-state index is 13.0. The number of sulfonamides is 1. The van der Waals surface area contributed by atoms with Crippen LogP contribution >= 0.6 is 0 Å². The van der Waals surface area contributed by atoms with E-state index in [0.717, 1.165) is 24.1 Å². The summed E-state index contributed by atoms with van der Waals surface area (Å²) in [6.45, 7) is 5.41. The van der Waals surface area contributed by atoms with Gasteiger partial charge < -0.3 is 10.6 Å². The molecule has 1 aromatic heterocycles. The Morgan fingerprint density at radius 2 is 2.04 bits per heavy atom. The lowest BCUT2D eigenvalue weighted by atomic mass is 9.99. The van der Waals surface area contributed by atoms with Crippen molar-refractivity contribution in [2.45, 2.75) is 44.6 Å². The minimum absolute atomic E-state index is 0.118. The fourth-order valence-electron chi connectivity index (χ4n) is 3.60. The van der Waals surface area contributed by atoms with E-state index in [-0.39, 0.29) is 10.8 Å². The van der Waals surface area contributed by atoms with Gasteiger partial charge in [0.1, 0.15) is 4.90 Å². The lowest BCUT2D eigenvalue weighted by Gasteiger charge is -2.32. The summed E-state index contributed by atoms with van der Waals surface area (Å²) in [4.78, 5) is 14.7. The first-order valence-electron chi connectivity index (χ1n) is 8.84. The number of rotatable bonds is 4. The van der Waals surface area contributed by atoms with Gasteiger partial charge in [-0.2, -0.15) is 9.82 Å². The van der Waals surface area contributed by atoms with Crippen LogP contribution in [0.1, 0.15) is 30.3 Å². The van der Waals surface area contributed by atoms with E-state index in [1.165, 1.54) is 4.68 Å². The molecule has 1 unspecified atom stereocenters. The zero-order valence-electron chi connectivity index (χ0n) is 16.0. The van der Waals surface area contributed by atoms with E-state index in [9.17, 15) is 13.2 Å². The predicted octanol–water partition coefficient (Wildman–Crippen LogP) is 1.27. The molecule has 9 heteroatoms.